The van der Waals surface area contributed by atoms with E-state index in [2.05, 4.69) is 30.2 Å². The van der Waals surface area contributed by atoms with Gasteiger partial charge in [0, 0.05) is 18.9 Å². The number of aromatic nitrogens is 1. The predicted molar refractivity (Wildman–Crippen MR) is 61.0 cm³/mol. The van der Waals surface area contributed by atoms with Gasteiger partial charge in [0.2, 0.25) is 0 Å². The van der Waals surface area contributed by atoms with Crippen LogP contribution in [0.4, 0.5) is 0 Å². The van der Waals surface area contributed by atoms with Crippen molar-refractivity contribution in [1.29, 1.82) is 0 Å². The molecule has 0 saturated carbocycles. The van der Waals surface area contributed by atoms with Gasteiger partial charge in [0.1, 0.15) is 0 Å². The van der Waals surface area contributed by atoms with E-state index in [9.17, 15) is 0 Å². The Morgan fingerprint density at radius 1 is 1.36 bits per heavy atom. The molecule has 0 atom stereocenters. The summed E-state index contributed by atoms with van der Waals surface area (Å²) in [6.07, 6.45) is 6.97. The van der Waals surface area contributed by atoms with Crippen molar-refractivity contribution in [3.8, 4) is 0 Å². The average molecular weight is 190 g/mol. The zero-order valence-corrected chi connectivity index (χ0v) is 8.96. The van der Waals surface area contributed by atoms with Crippen LogP contribution in [-0.4, -0.2) is 18.1 Å². The lowest BCUT2D eigenvalue weighted by atomic mass is 10.1. The molecule has 1 rings (SSSR count). The molecular weight excluding hydrogens is 172 g/mol. The number of rotatable bonds is 5. The normalized spacial score (nSPS) is 11.7. The highest BCUT2D eigenvalue weighted by Crippen LogP contribution is 2.07. The summed E-state index contributed by atoms with van der Waals surface area (Å²) in [5.41, 5.74) is 2.66. The second-order valence-electron chi connectivity index (χ2n) is 3.22. The number of nitrogens with zero attached hydrogens (tertiary/aromatic N) is 1. The van der Waals surface area contributed by atoms with Crippen molar-refractivity contribution in [2.75, 3.05) is 13.1 Å². The third-order valence-corrected chi connectivity index (χ3v) is 2.13. The summed E-state index contributed by atoms with van der Waals surface area (Å²) in [5.74, 6) is 0. The predicted octanol–water partition coefficient (Wildman–Crippen LogP) is 2.48. The van der Waals surface area contributed by atoms with Crippen molar-refractivity contribution >= 4 is 6.08 Å². The number of likely N-dealkylation sites (N-methyl/N-ethyl adjacent to an activating group) is 1. The van der Waals surface area contributed by atoms with E-state index in [1.165, 1.54) is 11.1 Å². The van der Waals surface area contributed by atoms with Crippen molar-refractivity contribution in [2.24, 2.45) is 0 Å². The molecule has 0 saturated heterocycles. The van der Waals surface area contributed by atoms with Gasteiger partial charge in [-0.3, -0.25) is 4.98 Å². The molecule has 1 N–H and O–H groups in total. The van der Waals surface area contributed by atoms with Crippen molar-refractivity contribution in [1.82, 2.24) is 10.3 Å². The minimum atomic E-state index is 0.981. The first-order chi connectivity index (χ1) is 6.86. The van der Waals surface area contributed by atoms with E-state index in [4.69, 9.17) is 0 Å². The molecule has 1 heterocycles. The summed E-state index contributed by atoms with van der Waals surface area (Å²) >= 11 is 0. The molecule has 14 heavy (non-hydrogen) atoms. The van der Waals surface area contributed by atoms with Crippen LogP contribution >= 0.6 is 0 Å². The summed E-state index contributed by atoms with van der Waals surface area (Å²) in [4.78, 5) is 4.00. The van der Waals surface area contributed by atoms with Gasteiger partial charge in [-0.05, 0) is 30.7 Å². The first-order valence-corrected chi connectivity index (χ1v) is 5.17. The van der Waals surface area contributed by atoms with Crippen molar-refractivity contribution < 1.29 is 0 Å². The number of nitrogens with one attached hydrogen (secondary N) is 1. The zero-order valence-electron chi connectivity index (χ0n) is 8.96. The Balaban J connectivity index is 2.64. The van der Waals surface area contributed by atoms with Crippen LogP contribution in [0.2, 0.25) is 0 Å². The average Bonchev–Trinajstić information content (AvgIpc) is 2.25. The van der Waals surface area contributed by atoms with Crippen LogP contribution in [0.25, 0.3) is 6.08 Å². The largest absolute Gasteiger partial charge is 0.313 e. The molecule has 0 aliphatic carbocycles. The first-order valence-electron chi connectivity index (χ1n) is 5.17. The third kappa shape index (κ3) is 3.71. The molecule has 0 amide bonds. The smallest absolute Gasteiger partial charge is 0.0273 e. The minimum Gasteiger partial charge on any atom is -0.313 e. The molecule has 0 aromatic carbocycles. The Kier molecular flexibility index (Phi) is 4.94. The highest BCUT2D eigenvalue weighted by atomic mass is 14.8. The van der Waals surface area contributed by atoms with Gasteiger partial charge in [0.15, 0.2) is 0 Å². The molecule has 0 aliphatic heterocycles. The zero-order chi connectivity index (χ0) is 10.2. The monoisotopic (exact) mass is 190 g/mol. The van der Waals surface area contributed by atoms with Crippen LogP contribution < -0.4 is 5.32 Å². The van der Waals surface area contributed by atoms with E-state index in [-0.39, 0.29) is 0 Å². The lowest BCUT2D eigenvalue weighted by Gasteiger charge is -2.04. The molecular formula is C12H18N2. The Labute approximate surface area is 86.1 Å². The van der Waals surface area contributed by atoms with E-state index >= 15 is 0 Å². The second kappa shape index (κ2) is 6.33. The fraction of sp³-hybridized carbons (Fsp3) is 0.417. The van der Waals surface area contributed by atoms with E-state index in [0.29, 0.717) is 0 Å². The number of hydrogen-bond acceptors (Lipinski definition) is 2. The van der Waals surface area contributed by atoms with Crippen molar-refractivity contribution in [3.05, 3.63) is 35.7 Å². The topological polar surface area (TPSA) is 24.9 Å². The standard InChI is InChI=1S/C12H18N2/c1-3-11(10-13-4-2)9-12-5-7-14-8-6-12/h5-9,13H,3-4,10H2,1-2H3. The number of hydrogen-bond donors (Lipinski definition) is 1. The van der Waals surface area contributed by atoms with Gasteiger partial charge in [0.25, 0.3) is 0 Å². The summed E-state index contributed by atoms with van der Waals surface area (Å²) in [6.45, 7) is 6.31. The van der Waals surface area contributed by atoms with E-state index in [1.807, 2.05) is 24.5 Å². The summed E-state index contributed by atoms with van der Waals surface area (Å²) in [7, 11) is 0. The second-order valence-corrected chi connectivity index (χ2v) is 3.22. The van der Waals surface area contributed by atoms with Gasteiger partial charge in [-0.15, -0.1) is 0 Å². The number of pyridine rings is 1. The Bertz CT molecular complexity index is 278. The van der Waals surface area contributed by atoms with E-state index < -0.39 is 0 Å². The van der Waals surface area contributed by atoms with Gasteiger partial charge in [0.05, 0.1) is 0 Å². The highest BCUT2D eigenvalue weighted by Gasteiger charge is 1.93. The van der Waals surface area contributed by atoms with Crippen molar-refractivity contribution in [2.45, 2.75) is 20.3 Å². The van der Waals surface area contributed by atoms with Crippen molar-refractivity contribution in [3.63, 3.8) is 0 Å². The molecule has 0 radical (unpaired) electrons. The summed E-state index contributed by atoms with van der Waals surface area (Å²) < 4.78 is 0. The van der Waals surface area contributed by atoms with Crippen LogP contribution in [0.3, 0.4) is 0 Å². The fourth-order valence-electron chi connectivity index (χ4n) is 1.26. The molecule has 1 aromatic rings. The summed E-state index contributed by atoms with van der Waals surface area (Å²) in [5, 5.41) is 3.34. The SMILES string of the molecule is CCNCC(=Cc1ccncc1)CC. The molecule has 0 unspecified atom stereocenters. The molecule has 0 aliphatic rings. The first kappa shape index (κ1) is 10.9. The van der Waals surface area contributed by atoms with Gasteiger partial charge in [-0.2, -0.15) is 0 Å². The van der Waals surface area contributed by atoms with Gasteiger partial charge in [-0.25, -0.2) is 0 Å². The van der Waals surface area contributed by atoms with Crippen LogP contribution in [0.1, 0.15) is 25.8 Å². The van der Waals surface area contributed by atoms with E-state index in [1.54, 1.807) is 0 Å². The maximum absolute atomic E-state index is 4.00. The molecule has 0 spiro atoms. The quantitative estimate of drug-likeness (QED) is 0.771. The van der Waals surface area contributed by atoms with Gasteiger partial charge < -0.3 is 5.32 Å². The summed E-state index contributed by atoms with van der Waals surface area (Å²) in [6, 6.07) is 4.06. The molecule has 76 valence electrons. The Hall–Kier alpha value is -1.15. The maximum atomic E-state index is 4.00. The minimum absolute atomic E-state index is 0.981. The van der Waals surface area contributed by atoms with Crippen LogP contribution in [0.15, 0.2) is 30.1 Å². The van der Waals surface area contributed by atoms with Crippen LogP contribution in [0, 0.1) is 0 Å². The fourth-order valence-corrected chi connectivity index (χ4v) is 1.26. The molecule has 0 bridgehead atoms. The van der Waals surface area contributed by atoms with Crippen LogP contribution in [-0.2, 0) is 0 Å². The lowest BCUT2D eigenvalue weighted by molar-refractivity contribution is 0.762. The third-order valence-electron chi connectivity index (χ3n) is 2.13. The van der Waals surface area contributed by atoms with Gasteiger partial charge in [-0.1, -0.05) is 25.5 Å². The maximum Gasteiger partial charge on any atom is 0.0273 e. The lowest BCUT2D eigenvalue weighted by Crippen LogP contribution is -2.15. The molecule has 2 nitrogen and oxygen atoms in total. The molecule has 0 fully saturated rings. The Morgan fingerprint density at radius 3 is 2.64 bits per heavy atom. The van der Waals surface area contributed by atoms with Gasteiger partial charge >= 0.3 is 0 Å². The van der Waals surface area contributed by atoms with Crippen LogP contribution in [0.5, 0.6) is 0 Å². The van der Waals surface area contributed by atoms with E-state index in [0.717, 1.165) is 19.5 Å². The Morgan fingerprint density at radius 2 is 2.07 bits per heavy atom. The molecule has 1 aromatic heterocycles. The highest BCUT2D eigenvalue weighted by molar-refractivity contribution is 5.52. The molecule has 2 heteroatoms.